The summed E-state index contributed by atoms with van der Waals surface area (Å²) in [7, 11) is 0. The highest BCUT2D eigenvalue weighted by molar-refractivity contribution is 5.56. The van der Waals surface area contributed by atoms with E-state index in [1.54, 1.807) is 0 Å². The molecule has 0 aliphatic heterocycles. The highest BCUT2D eigenvalue weighted by Gasteiger charge is 2.07. The van der Waals surface area contributed by atoms with E-state index in [0.717, 1.165) is 5.56 Å². The molecule has 1 aromatic carbocycles. The molecule has 0 aliphatic rings. The molecule has 0 saturated carbocycles. The van der Waals surface area contributed by atoms with Gasteiger partial charge in [0.1, 0.15) is 0 Å². The number of aryl methyl sites for hydroxylation is 2. The van der Waals surface area contributed by atoms with Crippen LogP contribution in [0.5, 0.6) is 0 Å². The van der Waals surface area contributed by atoms with Crippen LogP contribution in [0.1, 0.15) is 17.0 Å². The predicted molar refractivity (Wildman–Crippen MR) is 57.1 cm³/mol. The maximum absolute atomic E-state index is 5.40. The minimum absolute atomic E-state index is 0.276. The fourth-order valence-corrected chi connectivity index (χ4v) is 1.56. The van der Waals surface area contributed by atoms with E-state index in [2.05, 4.69) is 16.2 Å². The van der Waals surface area contributed by atoms with E-state index in [0.29, 0.717) is 11.7 Å². The first kappa shape index (κ1) is 9.86. The van der Waals surface area contributed by atoms with E-state index < -0.39 is 0 Å². The Morgan fingerprint density at radius 1 is 1.20 bits per heavy atom. The Morgan fingerprint density at radius 3 is 2.40 bits per heavy atom. The second-order valence-electron chi connectivity index (χ2n) is 3.59. The van der Waals surface area contributed by atoms with E-state index >= 15 is 0 Å². The number of hydrogen-bond donors (Lipinski definition) is 1. The third-order valence-electron chi connectivity index (χ3n) is 2.12. The van der Waals surface area contributed by atoms with Crippen LogP contribution >= 0.6 is 0 Å². The van der Waals surface area contributed by atoms with Gasteiger partial charge < -0.3 is 10.3 Å². The summed E-state index contributed by atoms with van der Waals surface area (Å²) in [5.41, 5.74) is 8.74. The summed E-state index contributed by atoms with van der Waals surface area (Å²) in [5.74, 6) is 1.06. The van der Waals surface area contributed by atoms with Gasteiger partial charge in [0.25, 0.3) is 0 Å². The SMILES string of the molecule is Cc1cc(C)cc(-c2noc(CN)n2)c1. The number of aromatic nitrogens is 2. The molecule has 15 heavy (non-hydrogen) atoms. The highest BCUT2D eigenvalue weighted by Crippen LogP contribution is 2.19. The lowest BCUT2D eigenvalue weighted by atomic mass is 10.1. The molecule has 0 unspecified atom stereocenters. The summed E-state index contributed by atoms with van der Waals surface area (Å²) in [5, 5.41) is 3.87. The molecule has 0 atom stereocenters. The van der Waals surface area contributed by atoms with Crippen molar-refractivity contribution in [3.63, 3.8) is 0 Å². The predicted octanol–water partition coefficient (Wildman–Crippen LogP) is 1.81. The van der Waals surface area contributed by atoms with Gasteiger partial charge in [-0.15, -0.1) is 0 Å². The fraction of sp³-hybridized carbons (Fsp3) is 0.273. The topological polar surface area (TPSA) is 64.9 Å². The van der Waals surface area contributed by atoms with Gasteiger partial charge in [0, 0.05) is 5.56 Å². The zero-order valence-corrected chi connectivity index (χ0v) is 8.82. The van der Waals surface area contributed by atoms with E-state index in [4.69, 9.17) is 10.3 Å². The number of nitrogens with zero attached hydrogens (tertiary/aromatic N) is 2. The van der Waals surface area contributed by atoms with Crippen LogP contribution in [0.4, 0.5) is 0 Å². The van der Waals surface area contributed by atoms with Crippen molar-refractivity contribution in [2.75, 3.05) is 0 Å². The molecule has 78 valence electrons. The smallest absolute Gasteiger partial charge is 0.240 e. The maximum Gasteiger partial charge on any atom is 0.240 e. The van der Waals surface area contributed by atoms with E-state index in [1.807, 2.05) is 26.0 Å². The molecule has 0 fully saturated rings. The van der Waals surface area contributed by atoms with Crippen molar-refractivity contribution in [2.24, 2.45) is 5.73 Å². The molecule has 1 aromatic heterocycles. The molecule has 2 aromatic rings. The van der Waals surface area contributed by atoms with Crippen LogP contribution < -0.4 is 5.73 Å². The quantitative estimate of drug-likeness (QED) is 0.808. The lowest BCUT2D eigenvalue weighted by Crippen LogP contribution is -1.95. The van der Waals surface area contributed by atoms with Gasteiger partial charge in [0.15, 0.2) is 0 Å². The molecule has 2 rings (SSSR count). The molecule has 0 aliphatic carbocycles. The molecule has 0 radical (unpaired) electrons. The number of benzene rings is 1. The Kier molecular flexibility index (Phi) is 2.51. The molecule has 0 bridgehead atoms. The molecule has 0 saturated heterocycles. The first-order valence-corrected chi connectivity index (χ1v) is 4.80. The van der Waals surface area contributed by atoms with Gasteiger partial charge in [-0.2, -0.15) is 4.98 Å². The first-order chi connectivity index (χ1) is 7.19. The van der Waals surface area contributed by atoms with E-state index in [9.17, 15) is 0 Å². The zero-order valence-electron chi connectivity index (χ0n) is 8.82. The van der Waals surface area contributed by atoms with Gasteiger partial charge in [0.2, 0.25) is 11.7 Å². The lowest BCUT2D eigenvalue weighted by molar-refractivity contribution is 0.380. The molecule has 0 spiro atoms. The summed E-state index contributed by atoms with van der Waals surface area (Å²) < 4.78 is 4.96. The number of nitrogens with two attached hydrogens (primary N) is 1. The Labute approximate surface area is 88.1 Å². The van der Waals surface area contributed by atoms with Crippen LogP contribution in [0.2, 0.25) is 0 Å². The molecular weight excluding hydrogens is 190 g/mol. The van der Waals surface area contributed by atoms with Crippen LogP contribution in [-0.4, -0.2) is 10.1 Å². The van der Waals surface area contributed by atoms with Crippen LogP contribution in [0.25, 0.3) is 11.4 Å². The van der Waals surface area contributed by atoms with Crippen molar-refractivity contribution in [1.29, 1.82) is 0 Å². The molecule has 4 nitrogen and oxygen atoms in total. The summed E-state index contributed by atoms with van der Waals surface area (Å²) >= 11 is 0. The fourth-order valence-electron chi connectivity index (χ4n) is 1.56. The second kappa shape index (κ2) is 3.82. The molecule has 2 N–H and O–H groups in total. The normalized spacial score (nSPS) is 10.6. The molecule has 4 heteroatoms. The monoisotopic (exact) mass is 203 g/mol. The van der Waals surface area contributed by atoms with Gasteiger partial charge in [-0.05, 0) is 26.0 Å². The minimum atomic E-state index is 0.276. The van der Waals surface area contributed by atoms with E-state index in [1.165, 1.54) is 11.1 Å². The van der Waals surface area contributed by atoms with Gasteiger partial charge in [0.05, 0.1) is 6.54 Å². The Balaban J connectivity index is 2.44. The third-order valence-corrected chi connectivity index (χ3v) is 2.12. The highest BCUT2D eigenvalue weighted by atomic mass is 16.5. The molecular formula is C11H13N3O. The Bertz CT molecular complexity index is 456. The van der Waals surface area contributed by atoms with Crippen molar-refractivity contribution in [3.05, 3.63) is 35.2 Å². The Morgan fingerprint density at radius 2 is 1.87 bits per heavy atom. The average molecular weight is 203 g/mol. The number of hydrogen-bond acceptors (Lipinski definition) is 4. The second-order valence-corrected chi connectivity index (χ2v) is 3.59. The molecule has 1 heterocycles. The molecule has 0 amide bonds. The first-order valence-electron chi connectivity index (χ1n) is 4.80. The lowest BCUT2D eigenvalue weighted by Gasteiger charge is -1.99. The van der Waals surface area contributed by atoms with Crippen molar-refractivity contribution >= 4 is 0 Å². The standard InChI is InChI=1S/C11H13N3O/c1-7-3-8(2)5-9(4-7)11-13-10(6-12)15-14-11/h3-5H,6,12H2,1-2H3. The number of rotatable bonds is 2. The van der Waals surface area contributed by atoms with Gasteiger partial charge in [-0.3, -0.25) is 0 Å². The largest absolute Gasteiger partial charge is 0.338 e. The summed E-state index contributed by atoms with van der Waals surface area (Å²) in [6, 6.07) is 6.16. The van der Waals surface area contributed by atoms with Gasteiger partial charge in [-0.25, -0.2) is 0 Å². The summed E-state index contributed by atoms with van der Waals surface area (Å²) in [6.45, 7) is 4.36. The third kappa shape index (κ3) is 2.05. The van der Waals surface area contributed by atoms with Gasteiger partial charge in [-0.1, -0.05) is 22.3 Å². The average Bonchev–Trinajstić information content (AvgIpc) is 2.64. The van der Waals surface area contributed by atoms with Crippen LogP contribution in [0.3, 0.4) is 0 Å². The van der Waals surface area contributed by atoms with E-state index in [-0.39, 0.29) is 6.54 Å². The van der Waals surface area contributed by atoms with Gasteiger partial charge >= 0.3 is 0 Å². The van der Waals surface area contributed by atoms with Crippen LogP contribution in [0, 0.1) is 13.8 Å². The van der Waals surface area contributed by atoms with Crippen LogP contribution in [0.15, 0.2) is 22.7 Å². The van der Waals surface area contributed by atoms with Crippen molar-refractivity contribution in [2.45, 2.75) is 20.4 Å². The zero-order chi connectivity index (χ0) is 10.8. The summed E-state index contributed by atoms with van der Waals surface area (Å²) in [6.07, 6.45) is 0. The van der Waals surface area contributed by atoms with Crippen molar-refractivity contribution in [3.8, 4) is 11.4 Å². The van der Waals surface area contributed by atoms with Crippen LogP contribution in [-0.2, 0) is 6.54 Å². The van der Waals surface area contributed by atoms with Crippen molar-refractivity contribution in [1.82, 2.24) is 10.1 Å². The summed E-state index contributed by atoms with van der Waals surface area (Å²) in [4.78, 5) is 4.18. The minimum Gasteiger partial charge on any atom is -0.338 e. The van der Waals surface area contributed by atoms with Crippen molar-refractivity contribution < 1.29 is 4.52 Å². The maximum atomic E-state index is 5.40. The Hall–Kier alpha value is -1.68.